The van der Waals surface area contributed by atoms with E-state index in [2.05, 4.69) is 48.5 Å². The molecule has 0 rings (SSSR count). The number of hydrogen-bond donors (Lipinski definition) is 3. The van der Waals surface area contributed by atoms with Crippen LogP contribution in [0.1, 0.15) is 370 Å². The minimum Gasteiger partial charge on any atom is -0.462 e. The number of carbonyl (C=O) groups excluding carboxylic acids is 4. The molecule has 0 spiro atoms. The first-order valence-electron chi connectivity index (χ1n) is 37.9. The standard InChI is InChI=1S/C73H142O17P2/c1-8-11-12-13-14-15-16-17-18-19-20-21-22-23-24-25-26-27-32-42-49-56-72(77)89-68(60-83-70(75)54-47-40-31-29-28-30-37-44-51-64(4)5)62-87-91(79,80)85-58-67(74)59-86-92(81,82)88-63-69(90-73(78)57-50-43-36-34-39-46-53-66(7)10-3)61-84-71(76)55-48-41-35-33-38-45-52-65(6)9-2/h64-69,74H,8-63H2,1-7H3,(H,79,80)(H,81,82)/t65?,66?,67-,68-,69-/m1/s1. The first-order valence-corrected chi connectivity index (χ1v) is 40.9. The van der Waals surface area contributed by atoms with Gasteiger partial charge in [-0.15, -0.1) is 0 Å². The molecule has 0 saturated carbocycles. The van der Waals surface area contributed by atoms with Crippen LogP contribution in [0.15, 0.2) is 0 Å². The monoisotopic (exact) mass is 1350 g/mol. The third-order valence-corrected chi connectivity index (χ3v) is 19.5. The summed E-state index contributed by atoms with van der Waals surface area (Å²) in [5.74, 6) is 0.0479. The predicted molar refractivity (Wildman–Crippen MR) is 372 cm³/mol. The van der Waals surface area contributed by atoms with Crippen LogP contribution < -0.4 is 0 Å². The Morgan fingerprint density at radius 3 is 0.826 bits per heavy atom. The van der Waals surface area contributed by atoms with Gasteiger partial charge in [-0.3, -0.25) is 37.3 Å². The first-order chi connectivity index (χ1) is 44.3. The number of aliphatic hydroxyl groups excluding tert-OH is 1. The summed E-state index contributed by atoms with van der Waals surface area (Å²) in [7, 11) is -9.90. The number of unbranched alkanes of at least 4 members (excludes halogenated alkanes) is 37. The summed E-state index contributed by atoms with van der Waals surface area (Å²) in [5.41, 5.74) is 0. The third kappa shape index (κ3) is 64.1. The number of carbonyl (C=O) groups is 4. The van der Waals surface area contributed by atoms with E-state index in [9.17, 15) is 43.2 Å². The zero-order valence-corrected chi connectivity index (χ0v) is 61.8. The van der Waals surface area contributed by atoms with E-state index in [1.165, 1.54) is 173 Å². The molecule has 0 bridgehead atoms. The normalized spacial score (nSPS) is 14.7. The van der Waals surface area contributed by atoms with Gasteiger partial charge in [-0.2, -0.15) is 0 Å². The van der Waals surface area contributed by atoms with Crippen LogP contribution in [0, 0.1) is 17.8 Å². The molecule has 92 heavy (non-hydrogen) atoms. The SMILES string of the molecule is CCCCCCCCCCCCCCCCCCCCCCCC(=O)O[C@H](COC(=O)CCCCCCCCCCC(C)C)COP(=O)(O)OC[C@@H](O)COP(=O)(O)OC[C@@H](COC(=O)CCCCCCCCC(C)CC)OC(=O)CCCCCCCCC(C)CC. The highest BCUT2D eigenvalue weighted by molar-refractivity contribution is 7.47. The van der Waals surface area contributed by atoms with Gasteiger partial charge in [0, 0.05) is 25.7 Å². The van der Waals surface area contributed by atoms with E-state index in [1.807, 2.05) is 0 Å². The predicted octanol–water partition coefficient (Wildman–Crippen LogP) is 21.0. The molecular formula is C73H142O17P2. The lowest BCUT2D eigenvalue weighted by atomic mass is 10.00. The lowest BCUT2D eigenvalue weighted by Gasteiger charge is -2.21. The summed E-state index contributed by atoms with van der Waals surface area (Å²) in [6, 6.07) is 0. The van der Waals surface area contributed by atoms with Crippen molar-refractivity contribution in [1.29, 1.82) is 0 Å². The van der Waals surface area contributed by atoms with Crippen molar-refractivity contribution in [2.75, 3.05) is 39.6 Å². The molecule has 4 unspecified atom stereocenters. The van der Waals surface area contributed by atoms with E-state index in [0.717, 1.165) is 114 Å². The third-order valence-electron chi connectivity index (χ3n) is 17.6. The van der Waals surface area contributed by atoms with Gasteiger partial charge in [0.05, 0.1) is 26.4 Å². The molecule has 0 fully saturated rings. The van der Waals surface area contributed by atoms with Crippen molar-refractivity contribution in [3.05, 3.63) is 0 Å². The summed E-state index contributed by atoms with van der Waals surface area (Å²) in [5, 5.41) is 10.6. The van der Waals surface area contributed by atoms with E-state index >= 15 is 0 Å². The Kier molecular flexibility index (Phi) is 62.4. The van der Waals surface area contributed by atoms with Gasteiger partial charge < -0.3 is 33.8 Å². The highest BCUT2D eigenvalue weighted by Crippen LogP contribution is 2.45. The molecular weight excluding hydrogens is 1210 g/mol. The molecule has 0 aromatic carbocycles. The van der Waals surface area contributed by atoms with E-state index in [0.29, 0.717) is 25.7 Å². The molecule has 7 atom stereocenters. The van der Waals surface area contributed by atoms with Gasteiger partial charge in [0.1, 0.15) is 19.3 Å². The Labute approximate surface area is 562 Å². The van der Waals surface area contributed by atoms with Gasteiger partial charge in [0.25, 0.3) is 0 Å². The molecule has 19 heteroatoms. The van der Waals surface area contributed by atoms with E-state index in [-0.39, 0.29) is 25.7 Å². The summed E-state index contributed by atoms with van der Waals surface area (Å²) in [6.07, 6.45) is 48.9. The van der Waals surface area contributed by atoms with Gasteiger partial charge in [0.2, 0.25) is 0 Å². The number of aliphatic hydroxyl groups is 1. The molecule has 17 nitrogen and oxygen atoms in total. The molecule has 0 amide bonds. The fourth-order valence-corrected chi connectivity index (χ4v) is 12.6. The van der Waals surface area contributed by atoms with Crippen LogP contribution in [-0.2, 0) is 65.4 Å². The Bertz CT molecular complexity index is 1810. The van der Waals surface area contributed by atoms with Crippen molar-refractivity contribution >= 4 is 39.5 Å². The lowest BCUT2D eigenvalue weighted by Crippen LogP contribution is -2.30. The molecule has 546 valence electrons. The number of ether oxygens (including phenoxy) is 4. The van der Waals surface area contributed by atoms with E-state index in [1.54, 1.807) is 0 Å². The first kappa shape index (κ1) is 90.1. The molecule has 0 aromatic heterocycles. The fraction of sp³-hybridized carbons (Fsp3) is 0.945. The van der Waals surface area contributed by atoms with Crippen molar-refractivity contribution in [3.8, 4) is 0 Å². The van der Waals surface area contributed by atoms with Gasteiger partial charge in [0.15, 0.2) is 12.2 Å². The van der Waals surface area contributed by atoms with Gasteiger partial charge in [-0.25, -0.2) is 9.13 Å². The largest absolute Gasteiger partial charge is 0.472 e. The second-order valence-electron chi connectivity index (χ2n) is 27.3. The zero-order valence-electron chi connectivity index (χ0n) is 60.0. The van der Waals surface area contributed by atoms with Crippen LogP contribution in [0.25, 0.3) is 0 Å². The maximum atomic E-state index is 13.0. The summed E-state index contributed by atoms with van der Waals surface area (Å²) in [6.45, 7) is 11.7. The van der Waals surface area contributed by atoms with Crippen LogP contribution >= 0.6 is 15.6 Å². The van der Waals surface area contributed by atoms with Crippen molar-refractivity contribution in [2.24, 2.45) is 17.8 Å². The van der Waals surface area contributed by atoms with Crippen molar-refractivity contribution in [1.82, 2.24) is 0 Å². The molecule has 0 aliphatic carbocycles. The summed E-state index contributed by atoms with van der Waals surface area (Å²) < 4.78 is 68.3. The Hall–Kier alpha value is -1.94. The second kappa shape index (κ2) is 63.8. The molecule has 3 N–H and O–H groups in total. The van der Waals surface area contributed by atoms with Crippen LogP contribution in [0.2, 0.25) is 0 Å². The number of rotatable bonds is 71. The minimum atomic E-state index is -4.95. The zero-order chi connectivity index (χ0) is 68.0. The molecule has 0 aliphatic rings. The molecule has 0 radical (unpaired) electrons. The van der Waals surface area contributed by atoms with Crippen molar-refractivity contribution < 1.29 is 80.2 Å². The van der Waals surface area contributed by atoms with Gasteiger partial charge >= 0.3 is 39.5 Å². The molecule has 0 aromatic rings. The van der Waals surface area contributed by atoms with Crippen LogP contribution in [0.4, 0.5) is 0 Å². The Morgan fingerprint density at radius 2 is 0.554 bits per heavy atom. The minimum absolute atomic E-state index is 0.102. The molecule has 0 aliphatic heterocycles. The van der Waals surface area contributed by atoms with Crippen LogP contribution in [-0.4, -0.2) is 96.7 Å². The topological polar surface area (TPSA) is 237 Å². The lowest BCUT2D eigenvalue weighted by molar-refractivity contribution is -0.161. The van der Waals surface area contributed by atoms with E-state index in [4.69, 9.17) is 37.0 Å². The second-order valence-corrected chi connectivity index (χ2v) is 30.2. The number of esters is 4. The molecule has 0 saturated heterocycles. The maximum absolute atomic E-state index is 13.0. The van der Waals surface area contributed by atoms with Crippen LogP contribution in [0.5, 0.6) is 0 Å². The van der Waals surface area contributed by atoms with Gasteiger partial charge in [-0.1, -0.05) is 318 Å². The van der Waals surface area contributed by atoms with Crippen molar-refractivity contribution in [2.45, 2.75) is 388 Å². The quantitative estimate of drug-likeness (QED) is 0.0222. The Morgan fingerprint density at radius 1 is 0.315 bits per heavy atom. The summed E-state index contributed by atoms with van der Waals surface area (Å²) in [4.78, 5) is 72.6. The number of phosphoric acid groups is 2. The summed E-state index contributed by atoms with van der Waals surface area (Å²) >= 11 is 0. The molecule has 0 heterocycles. The average Bonchev–Trinajstić information content (AvgIpc) is 1.49. The fourth-order valence-electron chi connectivity index (χ4n) is 11.0. The maximum Gasteiger partial charge on any atom is 0.472 e. The number of hydrogen-bond acceptors (Lipinski definition) is 15. The smallest absolute Gasteiger partial charge is 0.462 e. The number of phosphoric ester groups is 2. The Balaban J connectivity index is 5.18. The highest BCUT2D eigenvalue weighted by Gasteiger charge is 2.30. The van der Waals surface area contributed by atoms with Gasteiger partial charge in [-0.05, 0) is 43.4 Å². The highest BCUT2D eigenvalue weighted by atomic mass is 31.2. The van der Waals surface area contributed by atoms with Crippen LogP contribution in [0.3, 0.4) is 0 Å². The van der Waals surface area contributed by atoms with Crippen molar-refractivity contribution in [3.63, 3.8) is 0 Å². The van der Waals surface area contributed by atoms with E-state index < -0.39 is 97.5 Å². The average molecular weight is 1350 g/mol.